The number of hydrogen-bond acceptors (Lipinski definition) is 27. The second-order valence-corrected chi connectivity index (χ2v) is 42.5. The molecular weight excluding hydrogens is 2570 g/mol. The topological polar surface area (TPSA) is 344 Å². The van der Waals surface area contributed by atoms with E-state index in [2.05, 4.69) is 202 Å². The third-order valence-electron chi connectivity index (χ3n) is 19.3. The first-order chi connectivity index (χ1) is 69.0. The van der Waals surface area contributed by atoms with Gasteiger partial charge in [0.1, 0.15) is 56.7 Å². The number of carbonyl (C=O) groups is 6. The van der Waals surface area contributed by atoms with Crippen LogP contribution in [0, 0.1) is 17.5 Å². The molecule has 0 fully saturated rings. The number of nitrogens with one attached hydrogen (secondary N) is 1. The summed E-state index contributed by atoms with van der Waals surface area (Å²) in [6.07, 6.45) is 25.8. The Morgan fingerprint density at radius 3 is 0.729 bits per heavy atom. The Balaban J connectivity index is 0.000000219. The number of aromatic amines is 1. The van der Waals surface area contributed by atoms with Gasteiger partial charge in [0.05, 0.1) is 42.0 Å². The largest absolute Gasteiger partial charge is 0.488 e. The summed E-state index contributed by atoms with van der Waals surface area (Å²) >= 11 is 40.5. The Kier molecular flexibility index (Phi) is 56.2. The lowest BCUT2D eigenvalue weighted by molar-refractivity contribution is -0.114. The molecule has 144 heavy (non-hydrogen) atoms. The molecule has 11 aromatic rings. The van der Waals surface area contributed by atoms with E-state index in [-0.39, 0.29) is 97.0 Å². The minimum atomic E-state index is -1.51. The molecule has 0 bridgehead atoms. The third kappa shape index (κ3) is 41.2. The number of allylic oxidation sites excluding steroid dienone is 6. The summed E-state index contributed by atoms with van der Waals surface area (Å²) in [5.41, 5.74) is 11.0. The maximum Gasteiger partial charge on any atom is 0.488 e. The van der Waals surface area contributed by atoms with Crippen LogP contribution in [0.2, 0.25) is 0 Å². The summed E-state index contributed by atoms with van der Waals surface area (Å²) in [7, 11) is -4.22. The summed E-state index contributed by atoms with van der Waals surface area (Å²) in [6.45, 7) is 1.28. The van der Waals surface area contributed by atoms with Crippen LogP contribution in [-0.2, 0) is 28.8 Å². The number of carbonyl (C=O) groups excluding carboxylic acids is 6. The highest BCUT2D eigenvalue weighted by Gasteiger charge is 2.25. The number of benzene rings is 10. The van der Waals surface area contributed by atoms with Gasteiger partial charge in [0.2, 0.25) is 0 Å². The number of aromatic nitrogens is 2. The smallest absolute Gasteiger partial charge is 0.423 e. The molecule has 0 aliphatic carbocycles. The van der Waals surface area contributed by atoms with Crippen molar-refractivity contribution in [1.29, 1.82) is 0 Å². The number of halogens is 12. The van der Waals surface area contributed by atoms with Crippen molar-refractivity contribution in [3.05, 3.63) is 350 Å². The van der Waals surface area contributed by atoms with Crippen LogP contribution in [0.1, 0.15) is 33.4 Å². The molecule has 7 N–H and O–H groups in total. The first kappa shape index (κ1) is 123. The van der Waals surface area contributed by atoms with E-state index >= 15 is 0 Å². The Hall–Kier alpha value is -7.93. The molecule has 21 nitrogen and oxygen atoms in total. The second kappa shape index (κ2) is 65.8. The lowest BCUT2D eigenvalue weighted by Crippen LogP contribution is -2.29. The van der Waals surface area contributed by atoms with Crippen LogP contribution < -0.4 is 21.9 Å². The number of rotatable bonds is 16. The van der Waals surface area contributed by atoms with Crippen molar-refractivity contribution < 1.29 is 72.1 Å². The summed E-state index contributed by atoms with van der Waals surface area (Å²) in [5, 5.41) is 57.8. The highest BCUT2D eigenvalue weighted by molar-refractivity contribution is 9.15. The number of thioether (sulfide) groups is 7. The summed E-state index contributed by atoms with van der Waals surface area (Å²) < 4.78 is 44.6. The van der Waals surface area contributed by atoms with E-state index in [9.17, 15) is 46.7 Å². The van der Waals surface area contributed by atoms with Gasteiger partial charge in [0.15, 0.2) is 34.7 Å². The third-order valence-corrected chi connectivity index (χ3v) is 32.7. The number of ketones is 6. The fraction of sp³-hybridized carbons (Fsp3) is 0.129. The molecule has 744 valence electrons. The molecule has 0 saturated heterocycles. The van der Waals surface area contributed by atoms with Gasteiger partial charge in [0.25, 0.3) is 5.56 Å². The van der Waals surface area contributed by atoms with E-state index in [4.69, 9.17) is 30.1 Å². The van der Waals surface area contributed by atoms with Gasteiger partial charge in [-0.2, -0.15) is 5.10 Å². The van der Waals surface area contributed by atoms with Gasteiger partial charge in [-0.3, -0.25) is 63.5 Å². The Morgan fingerprint density at radius 2 is 0.486 bits per heavy atom. The van der Waals surface area contributed by atoms with E-state index < -0.39 is 21.4 Å². The van der Waals surface area contributed by atoms with E-state index in [1.165, 1.54) is 69.4 Å². The van der Waals surface area contributed by atoms with Crippen LogP contribution in [0.5, 0.6) is 0 Å². The highest BCUT2D eigenvalue weighted by Crippen LogP contribution is 2.35. The van der Waals surface area contributed by atoms with E-state index in [0.29, 0.717) is 54.4 Å². The first-order valence-electron chi connectivity index (χ1n) is 41.9. The van der Waals surface area contributed by atoms with E-state index in [1.807, 2.05) is 171 Å². The van der Waals surface area contributed by atoms with Crippen LogP contribution >= 0.6 is 226 Å². The lowest BCUT2D eigenvalue weighted by atomic mass is 9.80. The molecule has 1 aromatic heterocycles. The number of aliphatic imine (C=N–C) groups is 6. The zero-order valence-electron chi connectivity index (χ0n) is 77.2. The van der Waals surface area contributed by atoms with Crippen molar-refractivity contribution >= 4 is 369 Å². The lowest BCUT2D eigenvalue weighted by Gasteiger charge is -2.15. The molecule has 7 heterocycles. The average Bonchev–Trinajstić information content (AvgIpc) is 0.796. The van der Waals surface area contributed by atoms with Crippen molar-refractivity contribution in [2.75, 3.05) is 83.1 Å². The zero-order chi connectivity index (χ0) is 105. The Bertz CT molecular complexity index is 6360. The molecule has 0 spiro atoms. The summed E-state index contributed by atoms with van der Waals surface area (Å²) in [4.78, 5) is 112. The monoisotopic (exact) mass is 2640 g/mol. The van der Waals surface area contributed by atoms with Crippen LogP contribution in [-0.4, -0.2) is 217 Å². The number of nitrogens with zero attached hydrogens (tertiary/aromatic N) is 7. The van der Waals surface area contributed by atoms with Gasteiger partial charge < -0.3 is 30.1 Å². The molecular formula is C101H87B3Br9F3N8O13S7. The van der Waals surface area contributed by atoms with Crippen molar-refractivity contribution in [3.8, 4) is 0 Å². The molecule has 6 aliphatic rings. The van der Waals surface area contributed by atoms with Crippen LogP contribution in [0.25, 0.3) is 33.4 Å². The molecule has 0 amide bonds. The maximum absolute atomic E-state index is 13.1. The highest BCUT2D eigenvalue weighted by atomic mass is 79.9. The minimum absolute atomic E-state index is 0.0179. The molecule has 17 rings (SSSR count). The van der Waals surface area contributed by atoms with Crippen LogP contribution in [0.3, 0.4) is 0 Å². The molecule has 0 radical (unpaired) electrons. The second-order valence-electron chi connectivity index (χ2n) is 28.9. The standard InChI is InChI=1S/2C18H14FNOS.2C12H10BrNOS.2C7H9BO2S.C7H7BrS.C6H6BFO2.2C5H3Br2NO.C4H2Br2N2O/c2*1-22-15-8-4-12(5-9-15)16-10-20-11-17(21)18(16)13-2-6-14(19)7-3-13;2*1-16-9-4-2-8(3-5-9)10-6-14-7-11(15)12(10)13;2*1-11-7-4-2-6(3-5-7)8(9)10;1-9-7-4-2-6(8)3-5-7;8-6-3-1-5(2-4-6)7(9)10;2*6-3-1-8-2-4(9)5(3)7;5-2-1-7-8-4(9)3(2)6/h2*2-10H,11H2,1H3;2*2-6H,7H2,1H3;2*2-5,9-10H,1H3;2-5H,1H3;1-4,9-10H;2*1H,2H2;1H,(H,8,9). The van der Waals surface area contributed by atoms with Gasteiger partial charge in [0, 0.05) is 109 Å². The molecule has 0 saturated carbocycles. The normalized spacial score (nSPS) is 13.7. The van der Waals surface area contributed by atoms with Crippen LogP contribution in [0.15, 0.2) is 358 Å². The van der Waals surface area contributed by atoms with Gasteiger partial charge in [-0.15, -0.1) is 82.3 Å². The quantitative estimate of drug-likeness (QED) is 0.0349. The van der Waals surface area contributed by atoms with Gasteiger partial charge in [-0.1, -0.05) is 125 Å². The first-order valence-corrected chi connectivity index (χ1v) is 57.6. The predicted octanol–water partition coefficient (Wildman–Crippen LogP) is 22.0. The SMILES string of the molecule is CSc1ccc(B(O)O)cc1.CSc1ccc(B(O)O)cc1.CSc1ccc(Br)cc1.CSc1ccc(C2=C(Br)C(=O)CN=C2)cc1.CSc1ccc(C2=C(Br)C(=O)CN=C2)cc1.CSc1ccc(C2=C(c3ccc(F)cc3)C(=O)CN=C2)cc1.CSc1ccc(C2=C(c3ccc(F)cc3)C(=O)CN=C2)cc1.O=C1CN=CC(Br)=C1Br.O=C1CN=CC(Br)=C1Br.O=c1[nH]ncc(Br)c1Br.OB(O)c1ccc(F)cc1. The zero-order valence-corrected chi connectivity index (χ0v) is 97.2. The number of H-pyrrole nitrogens is 1. The van der Waals surface area contributed by atoms with Crippen molar-refractivity contribution in [1.82, 2.24) is 10.2 Å². The Morgan fingerprint density at radius 1 is 0.271 bits per heavy atom. The van der Waals surface area contributed by atoms with E-state index in [1.54, 1.807) is 168 Å². The van der Waals surface area contributed by atoms with Crippen LogP contribution in [0.4, 0.5) is 13.2 Å². The van der Waals surface area contributed by atoms with Crippen molar-refractivity contribution in [2.45, 2.75) is 34.3 Å². The Labute approximate surface area is 938 Å². The number of hydrogen-bond donors (Lipinski definition) is 7. The molecule has 0 atom stereocenters. The van der Waals surface area contributed by atoms with Crippen molar-refractivity contribution in [3.63, 3.8) is 0 Å². The molecule has 43 heteroatoms. The van der Waals surface area contributed by atoms with Crippen molar-refractivity contribution in [2.24, 2.45) is 30.0 Å². The molecule has 6 aliphatic heterocycles. The predicted molar refractivity (Wildman–Crippen MR) is 629 cm³/mol. The van der Waals surface area contributed by atoms with Gasteiger partial charge in [-0.05, 0) is 354 Å². The van der Waals surface area contributed by atoms with Gasteiger partial charge in [-0.25, -0.2) is 18.3 Å². The molecule has 0 unspecified atom stereocenters. The number of dihydropyridines is 6. The summed E-state index contributed by atoms with van der Waals surface area (Å²) in [6, 6.07) is 71.7. The fourth-order valence-electron chi connectivity index (χ4n) is 11.9. The minimum Gasteiger partial charge on any atom is -0.423 e. The van der Waals surface area contributed by atoms with Gasteiger partial charge >= 0.3 is 21.4 Å². The number of Topliss-reactive ketones (excluding diaryl/α,β-unsaturated/α-hetero) is 6. The average molecular weight is 2650 g/mol. The fourth-order valence-corrected chi connectivity index (χ4v) is 17.6. The summed E-state index contributed by atoms with van der Waals surface area (Å²) in [5.74, 6) is -0.994. The van der Waals surface area contributed by atoms with E-state index in [0.717, 1.165) is 88.7 Å². The maximum atomic E-state index is 13.1. The molecule has 10 aromatic carbocycles.